The summed E-state index contributed by atoms with van der Waals surface area (Å²) in [4.78, 5) is 0. The van der Waals surface area contributed by atoms with Crippen molar-refractivity contribution in [2.75, 3.05) is 0 Å². The largest absolute Gasteiger partial charge is 0.421 e. The van der Waals surface area contributed by atoms with Crippen molar-refractivity contribution in [1.29, 1.82) is 0 Å². The van der Waals surface area contributed by atoms with E-state index in [-0.39, 0.29) is 0 Å². The SMILES string of the molecule is Cc1cc(C)c(N=Nc2n(C(C)C)cc[n+]2C(C)C)c(C)c1. The third kappa shape index (κ3) is 3.26. The molecule has 0 aliphatic rings. The highest BCUT2D eigenvalue weighted by atomic mass is 15.3. The molecule has 1 aromatic carbocycles. The van der Waals surface area contributed by atoms with Crippen LogP contribution in [-0.2, 0) is 0 Å². The molecular weight excluding hydrogens is 272 g/mol. The summed E-state index contributed by atoms with van der Waals surface area (Å²) in [6.45, 7) is 14.9. The third-order valence-corrected chi connectivity index (χ3v) is 3.84. The van der Waals surface area contributed by atoms with Crippen LogP contribution in [0.2, 0.25) is 0 Å². The van der Waals surface area contributed by atoms with Crippen molar-refractivity contribution in [3.05, 3.63) is 41.2 Å². The molecule has 0 radical (unpaired) electrons. The first kappa shape index (κ1) is 16.4. The van der Waals surface area contributed by atoms with Crippen LogP contribution in [-0.4, -0.2) is 4.57 Å². The van der Waals surface area contributed by atoms with Gasteiger partial charge in [-0.3, -0.25) is 0 Å². The van der Waals surface area contributed by atoms with Gasteiger partial charge < -0.3 is 0 Å². The average Bonchev–Trinajstić information content (AvgIpc) is 2.81. The van der Waals surface area contributed by atoms with Gasteiger partial charge in [0.2, 0.25) is 0 Å². The second-order valence-corrected chi connectivity index (χ2v) is 6.55. The zero-order valence-electron chi connectivity index (χ0n) is 14.8. The van der Waals surface area contributed by atoms with Gasteiger partial charge in [0.15, 0.2) is 0 Å². The Labute approximate surface area is 133 Å². The third-order valence-electron chi connectivity index (χ3n) is 3.84. The molecule has 1 aromatic heterocycles. The van der Waals surface area contributed by atoms with E-state index in [9.17, 15) is 0 Å². The molecule has 2 aromatic rings. The number of aromatic nitrogens is 2. The van der Waals surface area contributed by atoms with Crippen LogP contribution in [0.5, 0.6) is 0 Å². The molecule has 0 bridgehead atoms. The molecule has 0 saturated heterocycles. The minimum absolute atomic E-state index is 0.356. The summed E-state index contributed by atoms with van der Waals surface area (Å²) in [6.07, 6.45) is 4.15. The fraction of sp³-hybridized carbons (Fsp3) is 0.500. The first-order chi connectivity index (χ1) is 10.3. The number of nitrogens with zero attached hydrogens (tertiary/aromatic N) is 4. The molecule has 0 saturated carbocycles. The number of rotatable bonds is 4. The number of hydrogen-bond donors (Lipinski definition) is 0. The Hall–Kier alpha value is -1.97. The first-order valence-electron chi connectivity index (χ1n) is 7.92. The number of azo groups is 1. The summed E-state index contributed by atoms with van der Waals surface area (Å²) < 4.78 is 4.31. The van der Waals surface area contributed by atoms with E-state index in [0.29, 0.717) is 12.1 Å². The maximum Gasteiger partial charge on any atom is 0.421 e. The highest BCUT2D eigenvalue weighted by Crippen LogP contribution is 2.27. The van der Waals surface area contributed by atoms with Gasteiger partial charge in [0, 0.05) is 5.11 Å². The van der Waals surface area contributed by atoms with E-state index in [2.05, 4.69) is 92.4 Å². The highest BCUT2D eigenvalue weighted by molar-refractivity contribution is 5.53. The summed E-state index contributed by atoms with van der Waals surface area (Å²) in [5.41, 5.74) is 4.56. The van der Waals surface area contributed by atoms with E-state index in [0.717, 1.165) is 11.6 Å². The van der Waals surface area contributed by atoms with Gasteiger partial charge in [-0.1, -0.05) is 22.8 Å². The molecule has 0 N–H and O–H groups in total. The lowest BCUT2D eigenvalue weighted by atomic mass is 10.1. The topological polar surface area (TPSA) is 33.5 Å². The van der Waals surface area contributed by atoms with E-state index < -0.39 is 0 Å². The van der Waals surface area contributed by atoms with Gasteiger partial charge in [-0.2, -0.15) is 0 Å². The van der Waals surface area contributed by atoms with Crippen molar-refractivity contribution in [3.8, 4) is 0 Å². The molecule has 1 heterocycles. The van der Waals surface area contributed by atoms with Crippen molar-refractivity contribution < 1.29 is 4.57 Å². The smallest absolute Gasteiger partial charge is 0.229 e. The van der Waals surface area contributed by atoms with Crippen LogP contribution < -0.4 is 4.57 Å². The fourth-order valence-electron chi connectivity index (χ4n) is 2.74. The molecular formula is C18H27N4+. The molecule has 22 heavy (non-hydrogen) atoms. The molecule has 0 aliphatic carbocycles. The van der Waals surface area contributed by atoms with Gasteiger partial charge in [0.25, 0.3) is 0 Å². The molecule has 4 nitrogen and oxygen atoms in total. The Bertz CT molecular complexity index is 645. The Morgan fingerprint density at radius 1 is 0.955 bits per heavy atom. The van der Waals surface area contributed by atoms with Crippen molar-refractivity contribution in [1.82, 2.24) is 4.57 Å². The van der Waals surface area contributed by atoms with E-state index in [1.54, 1.807) is 0 Å². The average molecular weight is 299 g/mol. The molecule has 0 atom stereocenters. The van der Waals surface area contributed by atoms with Crippen molar-refractivity contribution >= 4 is 11.6 Å². The van der Waals surface area contributed by atoms with E-state index in [4.69, 9.17) is 0 Å². The molecule has 0 spiro atoms. The molecule has 2 rings (SSSR count). The number of aryl methyl sites for hydroxylation is 3. The predicted molar refractivity (Wildman–Crippen MR) is 90.2 cm³/mol. The second-order valence-electron chi connectivity index (χ2n) is 6.55. The fourth-order valence-corrected chi connectivity index (χ4v) is 2.74. The monoisotopic (exact) mass is 299 g/mol. The quantitative estimate of drug-likeness (QED) is 0.544. The number of imidazole rings is 1. The van der Waals surface area contributed by atoms with Crippen LogP contribution in [0.15, 0.2) is 34.8 Å². The van der Waals surface area contributed by atoms with E-state index >= 15 is 0 Å². The van der Waals surface area contributed by atoms with Gasteiger partial charge in [-0.25, -0.2) is 9.13 Å². The Morgan fingerprint density at radius 3 is 2.05 bits per heavy atom. The molecule has 0 amide bonds. The lowest BCUT2D eigenvalue weighted by molar-refractivity contribution is -0.703. The maximum absolute atomic E-state index is 4.58. The van der Waals surface area contributed by atoms with Crippen LogP contribution in [0.4, 0.5) is 11.6 Å². The summed E-state index contributed by atoms with van der Waals surface area (Å²) in [6, 6.07) is 5.02. The number of benzene rings is 1. The lowest BCUT2D eigenvalue weighted by Crippen LogP contribution is -2.34. The Morgan fingerprint density at radius 2 is 1.55 bits per heavy atom. The van der Waals surface area contributed by atoms with Crippen molar-refractivity contribution in [2.45, 2.75) is 60.5 Å². The number of hydrogen-bond acceptors (Lipinski definition) is 2. The van der Waals surface area contributed by atoms with Gasteiger partial charge >= 0.3 is 5.95 Å². The molecule has 0 fully saturated rings. The van der Waals surface area contributed by atoms with Crippen molar-refractivity contribution in [2.24, 2.45) is 10.2 Å². The summed E-state index contributed by atoms with van der Waals surface area (Å²) in [7, 11) is 0. The molecule has 0 aliphatic heterocycles. The molecule has 4 heteroatoms. The molecule has 118 valence electrons. The normalized spacial score (nSPS) is 12.0. The predicted octanol–water partition coefficient (Wildman–Crippen LogP) is 5.28. The van der Waals surface area contributed by atoms with Crippen LogP contribution in [0.3, 0.4) is 0 Å². The maximum atomic E-state index is 4.58. The van der Waals surface area contributed by atoms with Crippen LogP contribution >= 0.6 is 0 Å². The molecule has 0 unspecified atom stereocenters. The van der Waals surface area contributed by atoms with Gasteiger partial charge in [-0.05, 0) is 59.6 Å². The van der Waals surface area contributed by atoms with E-state index in [1.807, 2.05) is 0 Å². The second kappa shape index (κ2) is 6.42. The Kier molecular flexibility index (Phi) is 4.79. The first-order valence-corrected chi connectivity index (χ1v) is 7.92. The van der Waals surface area contributed by atoms with Crippen LogP contribution in [0, 0.1) is 20.8 Å². The van der Waals surface area contributed by atoms with Crippen molar-refractivity contribution in [3.63, 3.8) is 0 Å². The summed E-state index contributed by atoms with van der Waals surface area (Å²) in [5, 5.41) is 9.14. The van der Waals surface area contributed by atoms with Gasteiger partial charge in [0.1, 0.15) is 5.69 Å². The standard InChI is InChI=1S/C18H27N4/c1-12(2)21-8-9-22(13(3)4)18(21)20-19-17-15(6)10-14(5)11-16(17)7/h8-13H,1-7H3/q+1. The van der Waals surface area contributed by atoms with Gasteiger partial charge in [-0.15, -0.1) is 0 Å². The highest BCUT2D eigenvalue weighted by Gasteiger charge is 2.21. The Balaban J connectivity index is 2.48. The summed E-state index contributed by atoms with van der Waals surface area (Å²) >= 11 is 0. The lowest BCUT2D eigenvalue weighted by Gasteiger charge is -2.06. The summed E-state index contributed by atoms with van der Waals surface area (Å²) in [5.74, 6) is 0.893. The van der Waals surface area contributed by atoms with E-state index in [1.165, 1.54) is 16.7 Å². The zero-order chi connectivity index (χ0) is 16.4. The minimum atomic E-state index is 0.356. The van der Waals surface area contributed by atoms with Gasteiger partial charge in [0.05, 0.1) is 24.5 Å². The van der Waals surface area contributed by atoms with Crippen LogP contribution in [0.1, 0.15) is 56.5 Å². The van der Waals surface area contributed by atoms with Crippen LogP contribution in [0.25, 0.3) is 0 Å². The zero-order valence-corrected chi connectivity index (χ0v) is 14.8. The minimum Gasteiger partial charge on any atom is -0.229 e.